The molecule has 3 aromatic rings. The van der Waals surface area contributed by atoms with Gasteiger partial charge in [0.25, 0.3) is 0 Å². The number of hydrogen-bond donors (Lipinski definition) is 1. The van der Waals surface area contributed by atoms with E-state index >= 15 is 0 Å². The monoisotopic (exact) mass is 531 g/mol. The van der Waals surface area contributed by atoms with Crippen LogP contribution in [0.3, 0.4) is 0 Å². The Morgan fingerprint density at radius 1 is 1.00 bits per heavy atom. The van der Waals surface area contributed by atoms with Gasteiger partial charge in [-0.3, -0.25) is 4.90 Å². The molecule has 0 bridgehead atoms. The average molecular weight is 531 g/mol. The lowest BCUT2D eigenvalue weighted by molar-refractivity contribution is -0.154. The Morgan fingerprint density at radius 3 is 2.35 bits per heavy atom. The summed E-state index contributed by atoms with van der Waals surface area (Å²) in [5.41, 5.74) is 0.881. The molecule has 3 heterocycles. The van der Waals surface area contributed by atoms with Gasteiger partial charge in [0.15, 0.2) is 6.61 Å². The molecule has 1 aliphatic rings. The normalized spacial score (nSPS) is 15.2. The average Bonchev–Trinajstić information content (AvgIpc) is 3.14. The second kappa shape index (κ2) is 10.4. The molecule has 1 aliphatic heterocycles. The Morgan fingerprint density at radius 2 is 1.73 bits per heavy atom. The van der Waals surface area contributed by atoms with Crippen molar-refractivity contribution in [2.24, 2.45) is 0 Å². The third-order valence-corrected chi connectivity index (χ3v) is 5.63. The lowest BCUT2D eigenvalue weighted by Crippen LogP contribution is -2.46. The van der Waals surface area contributed by atoms with Gasteiger partial charge < -0.3 is 19.5 Å². The number of piperazine rings is 1. The van der Waals surface area contributed by atoms with E-state index < -0.39 is 30.5 Å². The molecule has 200 valence electrons. The van der Waals surface area contributed by atoms with E-state index in [0.717, 1.165) is 29.2 Å². The molecule has 0 amide bonds. The summed E-state index contributed by atoms with van der Waals surface area (Å²) in [7, 11) is 0. The molecule has 15 heteroatoms. The number of nitrogens with zero attached hydrogens (tertiary/aromatic N) is 6. The largest absolute Gasteiger partial charge is 0.454 e. The second-order valence-corrected chi connectivity index (χ2v) is 8.41. The van der Waals surface area contributed by atoms with Crippen LogP contribution in [0.2, 0.25) is 0 Å². The standard InChI is InChI=1S/C22H23F6N7O2/c1-13-17(14(2)37-33-13)11-34-6-8-35(9-7-34)19-30-18(31-20(32-19)36-12-21(23,24)25)29-16-5-3-4-15(10-16)22(26,27)28/h3-5,10H,6-9,11-12H2,1-2H3,(H,29,30,31,32). The minimum absolute atomic E-state index is 0.00183. The molecule has 1 fully saturated rings. The van der Waals surface area contributed by atoms with Gasteiger partial charge in [-0.05, 0) is 32.0 Å². The van der Waals surface area contributed by atoms with Crippen LogP contribution in [-0.4, -0.2) is 64.0 Å². The van der Waals surface area contributed by atoms with Crippen molar-refractivity contribution in [3.8, 4) is 6.01 Å². The minimum atomic E-state index is -4.63. The first-order valence-corrected chi connectivity index (χ1v) is 11.2. The summed E-state index contributed by atoms with van der Waals surface area (Å²) in [5.74, 6) is 0.521. The third-order valence-electron chi connectivity index (χ3n) is 5.63. The first-order chi connectivity index (χ1) is 17.4. The van der Waals surface area contributed by atoms with Crippen molar-refractivity contribution in [3.63, 3.8) is 0 Å². The van der Waals surface area contributed by atoms with Crippen molar-refractivity contribution in [3.05, 3.63) is 46.8 Å². The molecule has 4 rings (SSSR count). The van der Waals surface area contributed by atoms with E-state index in [1.54, 1.807) is 4.90 Å². The zero-order valence-corrected chi connectivity index (χ0v) is 19.8. The van der Waals surface area contributed by atoms with Gasteiger partial charge in [0.05, 0.1) is 11.3 Å². The summed E-state index contributed by atoms with van der Waals surface area (Å²) in [6.45, 7) is 4.73. The highest BCUT2D eigenvalue weighted by molar-refractivity contribution is 5.56. The topological polar surface area (TPSA) is 92.4 Å². The smallest absolute Gasteiger partial charge is 0.422 e. The number of halogens is 6. The van der Waals surface area contributed by atoms with Crippen LogP contribution >= 0.6 is 0 Å². The first kappa shape index (κ1) is 26.4. The number of hydrogen-bond acceptors (Lipinski definition) is 9. The molecule has 0 unspecified atom stereocenters. The molecule has 1 N–H and O–H groups in total. The zero-order chi connectivity index (χ0) is 26.8. The zero-order valence-electron chi connectivity index (χ0n) is 19.8. The van der Waals surface area contributed by atoms with Crippen LogP contribution in [-0.2, 0) is 12.7 Å². The maximum absolute atomic E-state index is 13.1. The predicted molar refractivity (Wildman–Crippen MR) is 120 cm³/mol. The van der Waals surface area contributed by atoms with Crippen molar-refractivity contribution in [1.82, 2.24) is 25.0 Å². The lowest BCUT2D eigenvalue weighted by atomic mass is 10.2. The van der Waals surface area contributed by atoms with E-state index in [-0.39, 0.29) is 17.6 Å². The van der Waals surface area contributed by atoms with Crippen LogP contribution in [0, 0.1) is 13.8 Å². The number of benzene rings is 1. The maximum atomic E-state index is 13.1. The summed E-state index contributed by atoms with van der Waals surface area (Å²) >= 11 is 0. The van der Waals surface area contributed by atoms with Crippen LogP contribution in [0.25, 0.3) is 0 Å². The van der Waals surface area contributed by atoms with E-state index in [4.69, 9.17) is 9.26 Å². The quantitative estimate of drug-likeness (QED) is 0.443. The van der Waals surface area contributed by atoms with Gasteiger partial charge in [0.2, 0.25) is 11.9 Å². The van der Waals surface area contributed by atoms with Crippen LogP contribution in [0.5, 0.6) is 6.01 Å². The Bertz CT molecular complexity index is 1200. The molecule has 0 saturated carbocycles. The molecule has 37 heavy (non-hydrogen) atoms. The van der Waals surface area contributed by atoms with Gasteiger partial charge in [0, 0.05) is 44.0 Å². The maximum Gasteiger partial charge on any atom is 0.422 e. The van der Waals surface area contributed by atoms with Gasteiger partial charge in [-0.15, -0.1) is 0 Å². The number of aryl methyl sites for hydroxylation is 2. The van der Waals surface area contributed by atoms with Crippen LogP contribution < -0.4 is 15.0 Å². The van der Waals surface area contributed by atoms with Gasteiger partial charge in [0.1, 0.15) is 5.76 Å². The summed E-state index contributed by atoms with van der Waals surface area (Å²) < 4.78 is 87.3. The number of rotatable bonds is 7. The molecule has 1 aromatic carbocycles. The van der Waals surface area contributed by atoms with Gasteiger partial charge in [-0.1, -0.05) is 11.2 Å². The molecule has 0 atom stereocenters. The van der Waals surface area contributed by atoms with E-state index in [2.05, 4.69) is 30.3 Å². The Balaban J connectivity index is 1.52. The molecule has 0 aliphatic carbocycles. The van der Waals surface area contributed by atoms with Crippen molar-refractivity contribution in [2.75, 3.05) is 43.0 Å². The van der Waals surface area contributed by atoms with E-state index in [0.29, 0.717) is 32.7 Å². The molecule has 0 radical (unpaired) electrons. The van der Waals surface area contributed by atoms with Crippen LogP contribution in [0.4, 0.5) is 43.9 Å². The van der Waals surface area contributed by atoms with Crippen LogP contribution in [0.1, 0.15) is 22.6 Å². The SMILES string of the molecule is Cc1noc(C)c1CN1CCN(c2nc(Nc3cccc(C(F)(F)F)c3)nc(OCC(F)(F)F)n2)CC1. The number of nitrogens with one attached hydrogen (secondary N) is 1. The summed E-state index contributed by atoms with van der Waals surface area (Å²) in [5, 5.41) is 6.56. The number of ether oxygens (including phenoxy) is 1. The highest BCUT2D eigenvalue weighted by atomic mass is 19.4. The number of alkyl halides is 6. The molecule has 1 saturated heterocycles. The third kappa shape index (κ3) is 6.99. The first-order valence-electron chi connectivity index (χ1n) is 11.2. The van der Waals surface area contributed by atoms with Crippen LogP contribution in [0.15, 0.2) is 28.8 Å². The molecule has 2 aromatic heterocycles. The molecular weight excluding hydrogens is 508 g/mol. The van der Waals surface area contributed by atoms with Gasteiger partial charge >= 0.3 is 18.4 Å². The highest BCUT2D eigenvalue weighted by Gasteiger charge is 2.31. The van der Waals surface area contributed by atoms with E-state index in [1.807, 2.05) is 13.8 Å². The van der Waals surface area contributed by atoms with Crippen molar-refractivity contribution in [2.45, 2.75) is 32.7 Å². The van der Waals surface area contributed by atoms with Gasteiger partial charge in [-0.25, -0.2) is 0 Å². The fraction of sp³-hybridized carbons (Fsp3) is 0.455. The Hall–Kier alpha value is -3.62. The number of aromatic nitrogens is 4. The van der Waals surface area contributed by atoms with Crippen molar-refractivity contribution >= 4 is 17.6 Å². The molecule has 9 nitrogen and oxygen atoms in total. The van der Waals surface area contributed by atoms with Gasteiger partial charge in [-0.2, -0.15) is 41.3 Å². The Labute approximate surface area is 207 Å². The Kier molecular flexibility index (Phi) is 7.43. The highest BCUT2D eigenvalue weighted by Crippen LogP contribution is 2.31. The fourth-order valence-corrected chi connectivity index (χ4v) is 3.71. The van der Waals surface area contributed by atoms with Crippen molar-refractivity contribution < 1.29 is 35.6 Å². The summed E-state index contributed by atoms with van der Waals surface area (Å²) in [4.78, 5) is 15.9. The van der Waals surface area contributed by atoms with E-state index in [1.165, 1.54) is 12.1 Å². The van der Waals surface area contributed by atoms with Crippen molar-refractivity contribution in [1.29, 1.82) is 0 Å². The second-order valence-electron chi connectivity index (χ2n) is 8.41. The molecular formula is C22H23F6N7O2. The summed E-state index contributed by atoms with van der Waals surface area (Å²) in [6.07, 6.45) is -9.21. The number of anilines is 3. The van der Waals surface area contributed by atoms with E-state index in [9.17, 15) is 26.3 Å². The minimum Gasteiger partial charge on any atom is -0.454 e. The summed E-state index contributed by atoms with van der Waals surface area (Å²) in [6, 6.07) is 3.67. The predicted octanol–water partition coefficient (Wildman–Crippen LogP) is 4.50. The lowest BCUT2D eigenvalue weighted by Gasteiger charge is -2.34. The fourth-order valence-electron chi connectivity index (χ4n) is 3.71. The molecule has 0 spiro atoms.